The lowest BCUT2D eigenvalue weighted by atomic mass is 10.1. The lowest BCUT2D eigenvalue weighted by molar-refractivity contribution is -0.146. The Kier molecular flexibility index (Phi) is 3.55. The predicted molar refractivity (Wildman–Crippen MR) is 55.3 cm³/mol. The predicted octanol–water partition coefficient (Wildman–Crippen LogP) is 1.78. The van der Waals surface area contributed by atoms with Gasteiger partial charge in [-0.1, -0.05) is 23.7 Å². The molecule has 0 aliphatic rings. The number of aryl methyl sites for hydroxylation is 1. The first-order valence-corrected chi connectivity index (χ1v) is 4.60. The first kappa shape index (κ1) is 11.8. The zero-order valence-corrected chi connectivity index (χ0v) is 9.08. The summed E-state index contributed by atoms with van der Waals surface area (Å²) in [4.78, 5) is 10.6. The number of rotatable bonds is 3. The Hall–Kier alpha value is -1.26. The molecule has 0 aliphatic carbocycles. The van der Waals surface area contributed by atoms with Crippen molar-refractivity contribution in [2.45, 2.75) is 13.0 Å². The Morgan fingerprint density at radius 3 is 2.60 bits per heavy atom. The van der Waals surface area contributed by atoms with Crippen LogP contribution < -0.4 is 4.74 Å². The minimum atomic E-state index is -1.63. The van der Waals surface area contributed by atoms with Crippen LogP contribution >= 0.6 is 11.6 Å². The second-order valence-corrected chi connectivity index (χ2v) is 3.44. The van der Waals surface area contributed by atoms with E-state index in [1.165, 1.54) is 13.2 Å². The van der Waals surface area contributed by atoms with E-state index in [9.17, 15) is 9.90 Å². The molecule has 1 unspecified atom stereocenters. The number of aliphatic hydroxyl groups is 1. The van der Waals surface area contributed by atoms with Crippen LogP contribution in [-0.4, -0.2) is 23.3 Å². The lowest BCUT2D eigenvalue weighted by Gasteiger charge is -2.13. The molecule has 0 heterocycles. The zero-order valence-electron chi connectivity index (χ0n) is 8.32. The lowest BCUT2D eigenvalue weighted by Crippen LogP contribution is -2.11. The molecule has 0 aliphatic heterocycles. The van der Waals surface area contributed by atoms with E-state index < -0.39 is 12.1 Å². The molecule has 0 spiro atoms. The second-order valence-electron chi connectivity index (χ2n) is 3.06. The number of carbonyl (C=O) groups is 1. The fourth-order valence-electron chi connectivity index (χ4n) is 1.26. The quantitative estimate of drug-likeness (QED) is 0.831. The number of carboxylic acids is 1. The van der Waals surface area contributed by atoms with Gasteiger partial charge in [-0.15, -0.1) is 0 Å². The fourth-order valence-corrected chi connectivity index (χ4v) is 1.66. The zero-order chi connectivity index (χ0) is 11.6. The molecule has 5 heteroatoms. The van der Waals surface area contributed by atoms with Crippen molar-refractivity contribution in [2.24, 2.45) is 0 Å². The number of methoxy groups -OCH3 is 1. The number of hydrogen-bond acceptors (Lipinski definition) is 3. The highest BCUT2D eigenvalue weighted by Crippen LogP contribution is 2.34. The third kappa shape index (κ3) is 2.22. The summed E-state index contributed by atoms with van der Waals surface area (Å²) in [7, 11) is 1.44. The molecule has 0 bridgehead atoms. The molecule has 0 fully saturated rings. The Balaban J connectivity index is 3.27. The number of benzene rings is 1. The van der Waals surface area contributed by atoms with Gasteiger partial charge in [-0.3, -0.25) is 0 Å². The number of halogens is 1. The summed E-state index contributed by atoms with van der Waals surface area (Å²) in [6.45, 7) is 1.78. The average Bonchev–Trinajstić information content (AvgIpc) is 2.17. The standard InChI is InChI=1S/C10H11ClO4/c1-5-3-4-6(8(12)10(13)14)7(11)9(5)15-2/h3-4,8,12H,1-2H3,(H,13,14). The van der Waals surface area contributed by atoms with E-state index in [2.05, 4.69) is 0 Å². The average molecular weight is 231 g/mol. The molecular formula is C10H11ClO4. The summed E-state index contributed by atoms with van der Waals surface area (Å²) in [5, 5.41) is 18.1. The van der Waals surface area contributed by atoms with Crippen molar-refractivity contribution in [3.63, 3.8) is 0 Å². The number of hydrogen-bond donors (Lipinski definition) is 2. The van der Waals surface area contributed by atoms with E-state index >= 15 is 0 Å². The van der Waals surface area contributed by atoms with E-state index in [0.29, 0.717) is 5.75 Å². The molecule has 1 aromatic carbocycles. The Bertz CT molecular complexity index is 389. The third-order valence-electron chi connectivity index (χ3n) is 2.06. The second kappa shape index (κ2) is 4.51. The van der Waals surface area contributed by atoms with Crippen molar-refractivity contribution < 1.29 is 19.7 Å². The van der Waals surface area contributed by atoms with Crippen LogP contribution in [0.1, 0.15) is 17.2 Å². The molecule has 0 radical (unpaired) electrons. The van der Waals surface area contributed by atoms with Crippen molar-refractivity contribution >= 4 is 17.6 Å². The van der Waals surface area contributed by atoms with Gasteiger partial charge in [-0.05, 0) is 12.5 Å². The molecule has 1 rings (SSSR count). The van der Waals surface area contributed by atoms with Gasteiger partial charge in [-0.25, -0.2) is 4.79 Å². The molecule has 15 heavy (non-hydrogen) atoms. The number of carboxylic acid groups (broad SMARTS) is 1. The minimum Gasteiger partial charge on any atom is -0.495 e. The molecule has 0 saturated carbocycles. The maximum atomic E-state index is 10.6. The van der Waals surface area contributed by atoms with E-state index in [-0.39, 0.29) is 10.6 Å². The summed E-state index contributed by atoms with van der Waals surface area (Å²) in [5.41, 5.74) is 0.912. The SMILES string of the molecule is COc1c(C)ccc(C(O)C(=O)O)c1Cl. The molecule has 0 amide bonds. The van der Waals surface area contributed by atoms with Gasteiger partial charge in [0, 0.05) is 5.56 Å². The van der Waals surface area contributed by atoms with Crippen LogP contribution in [0.25, 0.3) is 0 Å². The van der Waals surface area contributed by atoms with Gasteiger partial charge < -0.3 is 14.9 Å². The van der Waals surface area contributed by atoms with E-state index in [0.717, 1.165) is 5.56 Å². The highest BCUT2D eigenvalue weighted by molar-refractivity contribution is 6.33. The van der Waals surface area contributed by atoms with Crippen molar-refractivity contribution in [2.75, 3.05) is 7.11 Å². The Labute approximate surface area is 92.1 Å². The van der Waals surface area contributed by atoms with Gasteiger partial charge in [0.2, 0.25) is 0 Å². The summed E-state index contributed by atoms with van der Waals surface area (Å²) in [6.07, 6.45) is -1.63. The summed E-state index contributed by atoms with van der Waals surface area (Å²) in [5.74, 6) is -0.961. The van der Waals surface area contributed by atoms with Gasteiger partial charge in [0.15, 0.2) is 6.10 Å². The molecule has 4 nitrogen and oxygen atoms in total. The van der Waals surface area contributed by atoms with Crippen LogP contribution in [0.5, 0.6) is 5.75 Å². The largest absolute Gasteiger partial charge is 0.495 e. The van der Waals surface area contributed by atoms with E-state index in [1.807, 2.05) is 0 Å². The smallest absolute Gasteiger partial charge is 0.337 e. The van der Waals surface area contributed by atoms with Crippen molar-refractivity contribution in [3.05, 3.63) is 28.3 Å². The highest BCUT2D eigenvalue weighted by atomic mass is 35.5. The maximum absolute atomic E-state index is 10.6. The summed E-state index contributed by atoms with van der Waals surface area (Å²) < 4.78 is 5.01. The molecule has 82 valence electrons. The number of aliphatic hydroxyl groups excluding tert-OH is 1. The summed E-state index contributed by atoms with van der Waals surface area (Å²) in [6, 6.07) is 3.12. The van der Waals surface area contributed by atoms with Crippen LogP contribution in [0.3, 0.4) is 0 Å². The fraction of sp³-hybridized carbons (Fsp3) is 0.300. The Morgan fingerprint density at radius 2 is 2.13 bits per heavy atom. The van der Waals surface area contributed by atoms with Crippen molar-refractivity contribution in [3.8, 4) is 5.75 Å². The third-order valence-corrected chi connectivity index (χ3v) is 2.45. The number of ether oxygens (including phenoxy) is 1. The van der Waals surface area contributed by atoms with Crippen LogP contribution in [0, 0.1) is 6.92 Å². The molecule has 1 aromatic rings. The molecule has 2 N–H and O–H groups in total. The highest BCUT2D eigenvalue weighted by Gasteiger charge is 2.21. The topological polar surface area (TPSA) is 66.8 Å². The first-order valence-electron chi connectivity index (χ1n) is 4.23. The van der Waals surface area contributed by atoms with Gasteiger partial charge in [0.05, 0.1) is 12.1 Å². The van der Waals surface area contributed by atoms with Gasteiger partial charge in [0.25, 0.3) is 0 Å². The summed E-state index contributed by atoms with van der Waals surface area (Å²) >= 11 is 5.90. The molecule has 0 saturated heterocycles. The van der Waals surface area contributed by atoms with Gasteiger partial charge >= 0.3 is 5.97 Å². The van der Waals surface area contributed by atoms with Crippen LogP contribution in [-0.2, 0) is 4.79 Å². The first-order chi connectivity index (χ1) is 6.99. The van der Waals surface area contributed by atoms with Gasteiger partial charge in [0.1, 0.15) is 5.75 Å². The minimum absolute atomic E-state index is 0.131. The molecular weight excluding hydrogens is 220 g/mol. The van der Waals surface area contributed by atoms with Crippen molar-refractivity contribution in [1.29, 1.82) is 0 Å². The maximum Gasteiger partial charge on any atom is 0.337 e. The van der Waals surface area contributed by atoms with Gasteiger partial charge in [-0.2, -0.15) is 0 Å². The van der Waals surface area contributed by atoms with Crippen LogP contribution in [0.2, 0.25) is 5.02 Å². The monoisotopic (exact) mass is 230 g/mol. The molecule has 0 aromatic heterocycles. The number of aliphatic carboxylic acids is 1. The van der Waals surface area contributed by atoms with Crippen LogP contribution in [0.4, 0.5) is 0 Å². The van der Waals surface area contributed by atoms with E-state index in [4.69, 9.17) is 21.4 Å². The Morgan fingerprint density at radius 1 is 1.53 bits per heavy atom. The molecule has 1 atom stereocenters. The van der Waals surface area contributed by atoms with Crippen LogP contribution in [0.15, 0.2) is 12.1 Å². The normalized spacial score (nSPS) is 12.3. The van der Waals surface area contributed by atoms with Crippen molar-refractivity contribution in [1.82, 2.24) is 0 Å². The van der Waals surface area contributed by atoms with E-state index in [1.54, 1.807) is 13.0 Å².